The predicted molar refractivity (Wildman–Crippen MR) is 92.9 cm³/mol. The monoisotopic (exact) mass is 357 g/mol. The SMILES string of the molecule is CC1(C)C2CCC1(CS(=O)(=O)NCC(O)C1CCCCC1)C(=O)C2. The zero-order valence-electron chi connectivity index (χ0n) is 14.9. The summed E-state index contributed by atoms with van der Waals surface area (Å²) < 4.78 is 27.8. The molecule has 3 aliphatic rings. The molecule has 3 saturated carbocycles. The van der Waals surface area contributed by atoms with Gasteiger partial charge in [0.25, 0.3) is 0 Å². The second-order valence-corrected chi connectivity index (χ2v) is 10.5. The molecule has 2 bridgehead atoms. The number of sulfonamides is 1. The minimum Gasteiger partial charge on any atom is -0.391 e. The van der Waals surface area contributed by atoms with Gasteiger partial charge in [-0.15, -0.1) is 0 Å². The Balaban J connectivity index is 1.63. The van der Waals surface area contributed by atoms with Gasteiger partial charge in [-0.2, -0.15) is 0 Å². The van der Waals surface area contributed by atoms with Gasteiger partial charge in [0.2, 0.25) is 10.0 Å². The van der Waals surface area contributed by atoms with Crippen LogP contribution in [0.2, 0.25) is 0 Å². The van der Waals surface area contributed by atoms with Gasteiger partial charge in [0, 0.05) is 18.4 Å². The van der Waals surface area contributed by atoms with Gasteiger partial charge < -0.3 is 5.11 Å². The maximum Gasteiger partial charge on any atom is 0.212 e. The van der Waals surface area contributed by atoms with Crippen molar-refractivity contribution in [2.75, 3.05) is 12.3 Å². The molecule has 3 fully saturated rings. The quantitative estimate of drug-likeness (QED) is 0.764. The average Bonchev–Trinajstić information content (AvgIpc) is 2.87. The van der Waals surface area contributed by atoms with Crippen LogP contribution >= 0.6 is 0 Å². The topological polar surface area (TPSA) is 83.5 Å². The molecule has 0 aliphatic heterocycles. The van der Waals surface area contributed by atoms with Gasteiger partial charge in [-0.25, -0.2) is 13.1 Å². The molecule has 0 spiro atoms. The Morgan fingerprint density at radius 1 is 1.21 bits per heavy atom. The summed E-state index contributed by atoms with van der Waals surface area (Å²) in [5, 5.41) is 10.3. The van der Waals surface area contributed by atoms with Crippen LogP contribution < -0.4 is 4.72 Å². The molecular weight excluding hydrogens is 326 g/mol. The number of hydrogen-bond acceptors (Lipinski definition) is 4. The highest BCUT2D eigenvalue weighted by molar-refractivity contribution is 7.89. The first-order valence-electron chi connectivity index (χ1n) is 9.37. The normalized spacial score (nSPS) is 34.6. The van der Waals surface area contributed by atoms with Gasteiger partial charge in [-0.3, -0.25) is 4.79 Å². The Hall–Kier alpha value is -0.460. The predicted octanol–water partition coefficient (Wildman–Crippen LogP) is 2.24. The van der Waals surface area contributed by atoms with E-state index in [-0.39, 0.29) is 29.4 Å². The van der Waals surface area contributed by atoms with Crippen LogP contribution in [0.4, 0.5) is 0 Å². The van der Waals surface area contributed by atoms with E-state index in [2.05, 4.69) is 4.72 Å². The van der Waals surface area contributed by atoms with Gasteiger partial charge in [-0.05, 0) is 42.9 Å². The summed E-state index contributed by atoms with van der Waals surface area (Å²) in [4.78, 5) is 12.5. The standard InChI is InChI=1S/C18H31NO4S/c1-17(2)14-8-9-18(17,16(21)10-14)12-24(22,23)19-11-15(20)13-6-4-3-5-7-13/h13-15,19-20H,3-12H2,1-2H3. The van der Waals surface area contributed by atoms with E-state index >= 15 is 0 Å². The first kappa shape index (κ1) is 18.3. The van der Waals surface area contributed by atoms with Crippen LogP contribution in [0.15, 0.2) is 0 Å². The molecule has 0 aromatic heterocycles. The van der Waals surface area contributed by atoms with Crippen LogP contribution in [0.5, 0.6) is 0 Å². The summed E-state index contributed by atoms with van der Waals surface area (Å²) in [7, 11) is -3.58. The van der Waals surface area contributed by atoms with Crippen LogP contribution in [0.25, 0.3) is 0 Å². The third kappa shape index (κ3) is 3.06. The molecule has 3 aliphatic carbocycles. The molecule has 3 unspecified atom stereocenters. The lowest BCUT2D eigenvalue weighted by Gasteiger charge is -2.36. The van der Waals surface area contributed by atoms with Gasteiger partial charge >= 0.3 is 0 Å². The second-order valence-electron chi connectivity index (χ2n) is 8.74. The van der Waals surface area contributed by atoms with Crippen molar-refractivity contribution in [2.24, 2.45) is 22.7 Å². The maximum atomic E-state index is 12.6. The third-order valence-electron chi connectivity index (χ3n) is 7.28. The lowest BCUT2D eigenvalue weighted by atomic mass is 9.70. The Bertz CT molecular complexity index is 594. The molecule has 0 aromatic rings. The van der Waals surface area contributed by atoms with E-state index < -0.39 is 21.5 Å². The van der Waals surface area contributed by atoms with E-state index in [9.17, 15) is 18.3 Å². The van der Waals surface area contributed by atoms with E-state index in [1.165, 1.54) is 6.42 Å². The molecular formula is C18H31NO4S. The number of hydrogen-bond donors (Lipinski definition) is 2. The summed E-state index contributed by atoms with van der Waals surface area (Å²) in [6.45, 7) is 4.16. The highest BCUT2D eigenvalue weighted by Crippen LogP contribution is 2.64. The highest BCUT2D eigenvalue weighted by atomic mass is 32.2. The van der Waals surface area contributed by atoms with Crippen molar-refractivity contribution >= 4 is 15.8 Å². The zero-order chi connectivity index (χ0) is 17.6. The number of ketones is 1. The van der Waals surface area contributed by atoms with Crippen molar-refractivity contribution < 1.29 is 18.3 Å². The minimum atomic E-state index is -3.58. The average molecular weight is 358 g/mol. The molecule has 0 heterocycles. The summed E-state index contributed by atoms with van der Waals surface area (Å²) in [5.74, 6) is 0.495. The maximum absolute atomic E-state index is 12.6. The van der Waals surface area contributed by atoms with Crippen molar-refractivity contribution in [3.63, 3.8) is 0 Å². The van der Waals surface area contributed by atoms with E-state index in [1.807, 2.05) is 13.8 Å². The number of carbonyl (C=O) groups is 1. The molecule has 2 N–H and O–H groups in total. The van der Waals surface area contributed by atoms with Crippen LogP contribution in [-0.2, 0) is 14.8 Å². The number of aliphatic hydroxyl groups excluding tert-OH is 1. The molecule has 24 heavy (non-hydrogen) atoms. The molecule has 138 valence electrons. The molecule has 6 heteroatoms. The molecule has 0 amide bonds. The van der Waals surface area contributed by atoms with E-state index in [4.69, 9.17) is 0 Å². The van der Waals surface area contributed by atoms with Crippen molar-refractivity contribution in [1.82, 2.24) is 4.72 Å². The van der Waals surface area contributed by atoms with E-state index in [0.29, 0.717) is 18.8 Å². The van der Waals surface area contributed by atoms with Crippen molar-refractivity contribution in [2.45, 2.75) is 71.3 Å². The summed E-state index contributed by atoms with van der Waals surface area (Å²) in [5.41, 5.74) is -0.986. The van der Waals surface area contributed by atoms with Crippen LogP contribution in [0.3, 0.4) is 0 Å². The highest BCUT2D eigenvalue weighted by Gasteiger charge is 2.65. The number of aliphatic hydroxyl groups is 1. The molecule has 0 saturated heterocycles. The van der Waals surface area contributed by atoms with Gasteiger partial charge in [-0.1, -0.05) is 33.1 Å². The number of rotatable bonds is 6. The Kier molecular flexibility index (Phi) is 4.86. The summed E-state index contributed by atoms with van der Waals surface area (Å²) in [6.07, 6.45) is 6.89. The molecule has 5 nitrogen and oxygen atoms in total. The van der Waals surface area contributed by atoms with E-state index in [0.717, 1.165) is 32.1 Å². The summed E-state index contributed by atoms with van der Waals surface area (Å²) in [6, 6.07) is 0. The van der Waals surface area contributed by atoms with Crippen LogP contribution in [-0.4, -0.2) is 37.7 Å². The molecule has 3 atom stereocenters. The molecule has 0 radical (unpaired) electrons. The number of carbonyl (C=O) groups excluding carboxylic acids is 1. The number of fused-ring (bicyclic) bond motifs is 2. The fourth-order valence-electron chi connectivity index (χ4n) is 5.38. The van der Waals surface area contributed by atoms with Crippen molar-refractivity contribution in [1.29, 1.82) is 0 Å². The second kappa shape index (κ2) is 6.36. The minimum absolute atomic E-state index is 0.0706. The Morgan fingerprint density at radius 2 is 1.88 bits per heavy atom. The third-order valence-corrected chi connectivity index (χ3v) is 8.76. The summed E-state index contributed by atoms with van der Waals surface area (Å²) >= 11 is 0. The molecule has 0 aromatic carbocycles. The smallest absolute Gasteiger partial charge is 0.212 e. The number of Topliss-reactive ketones (excluding diaryl/α,β-unsaturated/α-hetero) is 1. The lowest BCUT2D eigenvalue weighted by Crippen LogP contribution is -2.47. The van der Waals surface area contributed by atoms with E-state index in [1.54, 1.807) is 0 Å². The lowest BCUT2D eigenvalue weighted by molar-refractivity contribution is -0.128. The Labute approximate surface area is 145 Å². The Morgan fingerprint density at radius 3 is 2.42 bits per heavy atom. The fraction of sp³-hybridized carbons (Fsp3) is 0.944. The van der Waals surface area contributed by atoms with Gasteiger partial charge in [0.15, 0.2) is 0 Å². The van der Waals surface area contributed by atoms with Crippen LogP contribution in [0.1, 0.15) is 65.2 Å². The first-order valence-corrected chi connectivity index (χ1v) is 11.0. The largest absolute Gasteiger partial charge is 0.391 e. The van der Waals surface area contributed by atoms with Crippen molar-refractivity contribution in [3.8, 4) is 0 Å². The number of nitrogens with one attached hydrogen (secondary N) is 1. The molecule has 3 rings (SSSR count). The first-order chi connectivity index (χ1) is 11.2. The van der Waals surface area contributed by atoms with Crippen LogP contribution in [0, 0.1) is 22.7 Å². The van der Waals surface area contributed by atoms with Gasteiger partial charge in [0.05, 0.1) is 11.9 Å². The fourth-order valence-corrected chi connectivity index (χ4v) is 7.23. The van der Waals surface area contributed by atoms with Crippen molar-refractivity contribution in [3.05, 3.63) is 0 Å². The zero-order valence-corrected chi connectivity index (χ0v) is 15.7. The van der Waals surface area contributed by atoms with Gasteiger partial charge in [0.1, 0.15) is 5.78 Å².